The molecule has 0 aliphatic rings. The van der Waals surface area contributed by atoms with E-state index in [1.54, 1.807) is 45.0 Å². The second-order valence-electron chi connectivity index (χ2n) is 5.56. The molecule has 0 radical (unpaired) electrons. The van der Waals surface area contributed by atoms with Crippen molar-refractivity contribution in [2.75, 3.05) is 0 Å². The summed E-state index contributed by atoms with van der Waals surface area (Å²) in [5.74, 6) is 0. The van der Waals surface area contributed by atoms with E-state index in [-0.39, 0.29) is 0 Å². The third kappa shape index (κ3) is 4.87. The summed E-state index contributed by atoms with van der Waals surface area (Å²) in [4.78, 5) is 22.4. The first-order chi connectivity index (χ1) is 9.20. The zero-order valence-electron chi connectivity index (χ0n) is 12.1. The highest BCUT2D eigenvalue weighted by Gasteiger charge is 2.31. The van der Waals surface area contributed by atoms with E-state index in [4.69, 9.17) is 4.74 Å². The first-order valence-electron chi connectivity index (χ1n) is 6.38. The minimum Gasteiger partial charge on any atom is -0.444 e. The van der Waals surface area contributed by atoms with Gasteiger partial charge in [0.25, 0.3) is 0 Å². The van der Waals surface area contributed by atoms with Crippen LogP contribution in [0.3, 0.4) is 0 Å². The summed E-state index contributed by atoms with van der Waals surface area (Å²) in [6, 6.07) is 7.14. The minimum atomic E-state index is -0.954. The van der Waals surface area contributed by atoms with Gasteiger partial charge in [0.05, 0.1) is 0 Å². The highest BCUT2D eigenvalue weighted by atomic mass is 16.6. The van der Waals surface area contributed by atoms with Crippen molar-refractivity contribution in [1.29, 1.82) is 0 Å². The predicted molar refractivity (Wildman–Crippen MR) is 75.0 cm³/mol. The van der Waals surface area contributed by atoms with E-state index in [2.05, 4.69) is 5.32 Å². The van der Waals surface area contributed by atoms with Crippen molar-refractivity contribution in [2.45, 2.75) is 45.4 Å². The van der Waals surface area contributed by atoms with Gasteiger partial charge in [-0.15, -0.1) is 0 Å². The summed E-state index contributed by atoms with van der Waals surface area (Å²) < 4.78 is 5.15. The van der Waals surface area contributed by atoms with Crippen LogP contribution >= 0.6 is 0 Å². The van der Waals surface area contributed by atoms with E-state index in [1.165, 1.54) is 6.92 Å². The minimum absolute atomic E-state index is 0.422. The molecule has 1 aromatic carbocycles. The van der Waals surface area contributed by atoms with Crippen molar-refractivity contribution in [2.24, 2.45) is 0 Å². The third-order valence-corrected chi connectivity index (χ3v) is 2.65. The average Bonchev–Trinajstić information content (AvgIpc) is 2.34. The lowest BCUT2D eigenvalue weighted by Crippen LogP contribution is -2.41. The lowest BCUT2D eigenvalue weighted by atomic mass is 10.0. The van der Waals surface area contributed by atoms with E-state index in [0.29, 0.717) is 5.56 Å². The van der Waals surface area contributed by atoms with Crippen LogP contribution in [0.2, 0.25) is 0 Å². The molecule has 20 heavy (non-hydrogen) atoms. The Morgan fingerprint density at radius 3 is 2.30 bits per heavy atom. The number of nitrogens with zero attached hydrogens (tertiary/aromatic N) is 1. The van der Waals surface area contributed by atoms with E-state index in [1.807, 2.05) is 6.07 Å². The number of hydrogen-bond acceptors (Lipinski definition) is 4. The number of carbonyl (C=O) groups is 1. The molecule has 2 atom stereocenters. The Kier molecular flexibility index (Phi) is 5.07. The van der Waals surface area contributed by atoms with Crippen LogP contribution in [0, 0.1) is 10.1 Å². The molecule has 0 fully saturated rings. The average molecular weight is 280 g/mol. The normalized spacial score (nSPS) is 14.2. The van der Waals surface area contributed by atoms with E-state index in [0.717, 1.165) is 0 Å². The Balaban J connectivity index is 2.90. The predicted octanol–water partition coefficient (Wildman–Crippen LogP) is 2.92. The van der Waals surface area contributed by atoms with Gasteiger partial charge in [0.2, 0.25) is 6.04 Å². The highest BCUT2D eigenvalue weighted by Crippen LogP contribution is 2.19. The van der Waals surface area contributed by atoms with Crippen LogP contribution in [0.25, 0.3) is 0 Å². The molecule has 110 valence electrons. The molecule has 0 saturated carbocycles. The molecular formula is C14H20N2O4. The molecule has 6 nitrogen and oxygen atoms in total. The Hall–Kier alpha value is -2.11. The summed E-state index contributed by atoms with van der Waals surface area (Å²) >= 11 is 0. The quantitative estimate of drug-likeness (QED) is 0.679. The molecule has 0 aliphatic carbocycles. The summed E-state index contributed by atoms with van der Waals surface area (Å²) in [6.07, 6.45) is -0.667. The maximum Gasteiger partial charge on any atom is 0.408 e. The van der Waals surface area contributed by atoms with Crippen LogP contribution in [0.5, 0.6) is 0 Å². The van der Waals surface area contributed by atoms with Crippen molar-refractivity contribution in [3.63, 3.8) is 0 Å². The molecule has 0 bridgehead atoms. The summed E-state index contributed by atoms with van der Waals surface area (Å²) in [6.45, 7) is 6.66. The molecule has 0 spiro atoms. The van der Waals surface area contributed by atoms with Crippen molar-refractivity contribution in [3.8, 4) is 0 Å². The zero-order chi connectivity index (χ0) is 15.3. The van der Waals surface area contributed by atoms with Crippen LogP contribution < -0.4 is 5.32 Å². The lowest BCUT2D eigenvalue weighted by molar-refractivity contribution is -0.523. The van der Waals surface area contributed by atoms with Crippen LogP contribution in [-0.4, -0.2) is 22.7 Å². The van der Waals surface area contributed by atoms with E-state index >= 15 is 0 Å². The van der Waals surface area contributed by atoms with Gasteiger partial charge in [-0.05, 0) is 26.3 Å². The van der Waals surface area contributed by atoms with Crippen molar-refractivity contribution in [1.82, 2.24) is 5.32 Å². The molecule has 0 unspecified atom stereocenters. The van der Waals surface area contributed by atoms with Gasteiger partial charge in [-0.25, -0.2) is 4.79 Å². The molecule has 1 rings (SSSR count). The van der Waals surface area contributed by atoms with Gasteiger partial charge >= 0.3 is 6.09 Å². The molecule has 1 N–H and O–H groups in total. The molecule has 6 heteroatoms. The number of carbonyl (C=O) groups excluding carboxylic acids is 1. The Morgan fingerprint density at radius 2 is 1.85 bits per heavy atom. The van der Waals surface area contributed by atoms with Gasteiger partial charge in [0.15, 0.2) is 0 Å². The van der Waals surface area contributed by atoms with Gasteiger partial charge in [-0.2, -0.15) is 0 Å². The van der Waals surface area contributed by atoms with Crippen LogP contribution in [-0.2, 0) is 4.74 Å². The summed E-state index contributed by atoms with van der Waals surface area (Å²) in [7, 11) is 0. The van der Waals surface area contributed by atoms with Gasteiger partial charge in [-0.3, -0.25) is 10.1 Å². The number of benzene rings is 1. The second-order valence-corrected chi connectivity index (χ2v) is 5.56. The Bertz CT molecular complexity index is 468. The number of nitrogens with one attached hydrogen (secondary N) is 1. The molecule has 0 aromatic heterocycles. The van der Waals surface area contributed by atoms with E-state index < -0.39 is 28.7 Å². The largest absolute Gasteiger partial charge is 0.444 e. The first kappa shape index (κ1) is 15.9. The standard InChI is InChI=1S/C14H20N2O4/c1-10(16(18)19)12(11-8-6-5-7-9-11)15-13(17)20-14(2,3)4/h5-10,12H,1-4H3,(H,15,17)/t10-,12-/m0/s1. The zero-order valence-corrected chi connectivity index (χ0v) is 12.1. The molecule has 0 heterocycles. The number of rotatable bonds is 4. The molecule has 0 aliphatic heterocycles. The van der Waals surface area contributed by atoms with Gasteiger partial charge < -0.3 is 10.1 Å². The smallest absolute Gasteiger partial charge is 0.408 e. The SMILES string of the molecule is C[C@@H]([C@H](NC(=O)OC(C)(C)C)c1ccccc1)[N+](=O)[O-]. The van der Waals surface area contributed by atoms with Crippen molar-refractivity contribution < 1.29 is 14.5 Å². The fourth-order valence-corrected chi connectivity index (χ4v) is 1.70. The van der Waals surface area contributed by atoms with Crippen LogP contribution in [0.15, 0.2) is 30.3 Å². The maximum atomic E-state index is 11.8. The second kappa shape index (κ2) is 6.36. The number of hydrogen-bond donors (Lipinski definition) is 1. The number of ether oxygens (including phenoxy) is 1. The van der Waals surface area contributed by atoms with Gasteiger partial charge in [0.1, 0.15) is 11.6 Å². The molecule has 1 amide bonds. The summed E-state index contributed by atoms with van der Waals surface area (Å²) in [5, 5.41) is 13.6. The monoisotopic (exact) mass is 280 g/mol. The van der Waals surface area contributed by atoms with Gasteiger partial charge in [0, 0.05) is 11.8 Å². The molecular weight excluding hydrogens is 260 g/mol. The van der Waals surface area contributed by atoms with Crippen LogP contribution in [0.4, 0.5) is 4.79 Å². The molecule has 0 saturated heterocycles. The highest BCUT2D eigenvalue weighted by molar-refractivity contribution is 5.68. The summed E-state index contributed by atoms with van der Waals surface area (Å²) in [5.41, 5.74) is 0.0194. The number of amides is 1. The Morgan fingerprint density at radius 1 is 1.30 bits per heavy atom. The fourth-order valence-electron chi connectivity index (χ4n) is 1.70. The fraction of sp³-hybridized carbons (Fsp3) is 0.500. The van der Waals surface area contributed by atoms with Crippen molar-refractivity contribution in [3.05, 3.63) is 46.0 Å². The van der Waals surface area contributed by atoms with E-state index in [9.17, 15) is 14.9 Å². The Labute approximate surface area is 118 Å². The van der Waals surface area contributed by atoms with Gasteiger partial charge in [-0.1, -0.05) is 30.3 Å². The number of nitro groups is 1. The lowest BCUT2D eigenvalue weighted by Gasteiger charge is -2.24. The van der Waals surface area contributed by atoms with Crippen LogP contribution in [0.1, 0.15) is 39.3 Å². The number of alkyl carbamates (subject to hydrolysis) is 1. The third-order valence-electron chi connectivity index (χ3n) is 2.65. The molecule has 1 aromatic rings. The first-order valence-corrected chi connectivity index (χ1v) is 6.38. The van der Waals surface area contributed by atoms with Crippen molar-refractivity contribution >= 4 is 6.09 Å². The maximum absolute atomic E-state index is 11.8. The topological polar surface area (TPSA) is 81.5 Å².